The van der Waals surface area contributed by atoms with Crippen LogP contribution in [0.5, 0.6) is 0 Å². The minimum atomic E-state index is -3.56. The zero-order valence-corrected chi connectivity index (χ0v) is 15.7. The van der Waals surface area contributed by atoms with Crippen LogP contribution in [0.3, 0.4) is 0 Å². The van der Waals surface area contributed by atoms with Crippen LogP contribution >= 0.6 is 11.6 Å². The van der Waals surface area contributed by atoms with Crippen LogP contribution in [0.25, 0.3) is 0 Å². The standard InChI is InChI=1S/C19H22ClNO3S/c1-15(16-7-3-2-4-8-16)11-13-21-19(22)12-14-25(23,24)18-10-6-5-9-17(18)20/h2-10,15H,11-14H2,1H3,(H,21,22). The van der Waals surface area contributed by atoms with Gasteiger partial charge in [-0.15, -0.1) is 0 Å². The molecule has 6 heteroatoms. The van der Waals surface area contributed by atoms with Crippen molar-refractivity contribution >= 4 is 27.3 Å². The Morgan fingerprint density at radius 1 is 1.08 bits per heavy atom. The number of hydrogen-bond acceptors (Lipinski definition) is 3. The third-order valence-electron chi connectivity index (χ3n) is 4.04. The quantitative estimate of drug-likeness (QED) is 0.758. The van der Waals surface area contributed by atoms with E-state index >= 15 is 0 Å². The van der Waals surface area contributed by atoms with Crippen molar-refractivity contribution in [3.63, 3.8) is 0 Å². The molecule has 0 spiro atoms. The van der Waals surface area contributed by atoms with Gasteiger partial charge in [0.05, 0.1) is 15.7 Å². The Bertz CT molecular complexity index is 806. The molecule has 1 atom stereocenters. The van der Waals surface area contributed by atoms with Crippen LogP contribution < -0.4 is 5.32 Å². The maximum Gasteiger partial charge on any atom is 0.221 e. The van der Waals surface area contributed by atoms with E-state index in [0.717, 1.165) is 6.42 Å². The van der Waals surface area contributed by atoms with Crippen LogP contribution in [0, 0.1) is 0 Å². The van der Waals surface area contributed by atoms with Gasteiger partial charge in [0.15, 0.2) is 9.84 Å². The van der Waals surface area contributed by atoms with Crippen molar-refractivity contribution in [1.82, 2.24) is 5.32 Å². The van der Waals surface area contributed by atoms with E-state index in [9.17, 15) is 13.2 Å². The molecule has 2 rings (SSSR count). The van der Waals surface area contributed by atoms with Crippen LogP contribution in [0.2, 0.25) is 5.02 Å². The van der Waals surface area contributed by atoms with Gasteiger partial charge in [0.1, 0.15) is 0 Å². The molecule has 134 valence electrons. The number of halogens is 1. The van der Waals surface area contributed by atoms with Crippen LogP contribution in [0.15, 0.2) is 59.5 Å². The van der Waals surface area contributed by atoms with Gasteiger partial charge in [-0.05, 0) is 30.0 Å². The SMILES string of the molecule is CC(CCNC(=O)CCS(=O)(=O)c1ccccc1Cl)c1ccccc1. The lowest BCUT2D eigenvalue weighted by Gasteiger charge is -2.12. The number of hydrogen-bond donors (Lipinski definition) is 1. The molecule has 0 bridgehead atoms. The molecule has 2 aromatic rings. The van der Waals surface area contributed by atoms with Gasteiger partial charge >= 0.3 is 0 Å². The van der Waals surface area contributed by atoms with Crippen LogP contribution in [0.4, 0.5) is 0 Å². The first-order valence-electron chi connectivity index (χ1n) is 8.19. The molecule has 25 heavy (non-hydrogen) atoms. The van der Waals surface area contributed by atoms with Gasteiger partial charge in [0.25, 0.3) is 0 Å². The number of amides is 1. The van der Waals surface area contributed by atoms with E-state index in [4.69, 9.17) is 11.6 Å². The molecule has 0 aliphatic heterocycles. The smallest absolute Gasteiger partial charge is 0.221 e. The lowest BCUT2D eigenvalue weighted by atomic mass is 9.98. The van der Waals surface area contributed by atoms with Gasteiger partial charge in [-0.25, -0.2) is 8.42 Å². The van der Waals surface area contributed by atoms with Crippen molar-refractivity contribution in [2.75, 3.05) is 12.3 Å². The number of nitrogens with one attached hydrogen (secondary N) is 1. The van der Waals surface area contributed by atoms with Crippen molar-refractivity contribution < 1.29 is 13.2 Å². The minimum absolute atomic E-state index is 0.0715. The molecule has 0 radical (unpaired) electrons. The normalized spacial score (nSPS) is 12.6. The lowest BCUT2D eigenvalue weighted by molar-refractivity contribution is -0.120. The summed E-state index contributed by atoms with van der Waals surface area (Å²) < 4.78 is 24.5. The summed E-state index contributed by atoms with van der Waals surface area (Å²) in [6, 6.07) is 16.3. The van der Waals surface area contributed by atoms with Gasteiger partial charge in [0, 0.05) is 13.0 Å². The number of carbonyl (C=O) groups excluding carboxylic acids is 1. The first kappa shape index (κ1) is 19.5. The van der Waals surface area contributed by atoms with Crippen LogP contribution in [0.1, 0.15) is 31.2 Å². The van der Waals surface area contributed by atoms with E-state index in [0.29, 0.717) is 12.5 Å². The number of benzene rings is 2. The maximum absolute atomic E-state index is 12.3. The molecule has 4 nitrogen and oxygen atoms in total. The van der Waals surface area contributed by atoms with E-state index < -0.39 is 9.84 Å². The average Bonchev–Trinajstić information content (AvgIpc) is 2.61. The van der Waals surface area contributed by atoms with Gasteiger partial charge < -0.3 is 5.32 Å². The van der Waals surface area contributed by atoms with E-state index in [1.807, 2.05) is 18.2 Å². The molecule has 0 aliphatic carbocycles. The molecule has 1 amide bonds. The fraction of sp³-hybridized carbons (Fsp3) is 0.316. The molecule has 0 heterocycles. The number of rotatable bonds is 8. The molecule has 0 fully saturated rings. The molecular weight excluding hydrogens is 358 g/mol. The fourth-order valence-electron chi connectivity index (χ4n) is 2.50. The summed E-state index contributed by atoms with van der Waals surface area (Å²) in [4.78, 5) is 12.0. The van der Waals surface area contributed by atoms with Crippen molar-refractivity contribution in [2.24, 2.45) is 0 Å². The highest BCUT2D eigenvalue weighted by atomic mass is 35.5. The minimum Gasteiger partial charge on any atom is -0.356 e. The Kier molecular flexibility index (Phi) is 7.02. The third-order valence-corrected chi connectivity index (χ3v) is 6.25. The predicted octanol–water partition coefficient (Wildman–Crippen LogP) is 3.81. The Hall–Kier alpha value is -1.85. The highest BCUT2D eigenvalue weighted by Gasteiger charge is 2.19. The second-order valence-corrected chi connectivity index (χ2v) is 8.43. The number of carbonyl (C=O) groups is 1. The zero-order valence-electron chi connectivity index (χ0n) is 14.1. The molecule has 2 aromatic carbocycles. The second kappa shape index (κ2) is 9.02. The Balaban J connectivity index is 1.78. The predicted molar refractivity (Wildman–Crippen MR) is 101 cm³/mol. The second-order valence-electron chi connectivity index (χ2n) is 5.95. The zero-order chi connectivity index (χ0) is 18.3. The molecule has 0 saturated carbocycles. The van der Waals surface area contributed by atoms with E-state index in [1.165, 1.54) is 17.7 Å². The summed E-state index contributed by atoms with van der Waals surface area (Å²) in [6.07, 6.45) is 0.723. The van der Waals surface area contributed by atoms with Crippen molar-refractivity contribution in [1.29, 1.82) is 0 Å². The van der Waals surface area contributed by atoms with E-state index in [-0.39, 0.29) is 28.0 Å². The highest BCUT2D eigenvalue weighted by molar-refractivity contribution is 7.91. The van der Waals surface area contributed by atoms with Crippen LogP contribution in [-0.4, -0.2) is 26.6 Å². The van der Waals surface area contributed by atoms with Crippen molar-refractivity contribution in [3.8, 4) is 0 Å². The first-order chi connectivity index (χ1) is 11.9. The largest absolute Gasteiger partial charge is 0.356 e. The molecule has 0 saturated heterocycles. The Morgan fingerprint density at radius 2 is 1.72 bits per heavy atom. The summed E-state index contributed by atoms with van der Waals surface area (Å²) in [5, 5.41) is 2.97. The molecule has 1 unspecified atom stereocenters. The van der Waals surface area contributed by atoms with Crippen molar-refractivity contribution in [2.45, 2.75) is 30.6 Å². The summed E-state index contributed by atoms with van der Waals surface area (Å²) >= 11 is 5.92. The van der Waals surface area contributed by atoms with Crippen molar-refractivity contribution in [3.05, 3.63) is 65.2 Å². The molecule has 0 aromatic heterocycles. The van der Waals surface area contributed by atoms with Gasteiger partial charge in [-0.2, -0.15) is 0 Å². The summed E-state index contributed by atoms with van der Waals surface area (Å²) in [7, 11) is -3.56. The Morgan fingerprint density at radius 3 is 2.40 bits per heavy atom. The molecule has 0 aliphatic rings. The van der Waals surface area contributed by atoms with E-state index in [1.54, 1.807) is 12.1 Å². The topological polar surface area (TPSA) is 63.2 Å². The summed E-state index contributed by atoms with van der Waals surface area (Å²) in [5.74, 6) is -0.194. The van der Waals surface area contributed by atoms with Gasteiger partial charge in [0.2, 0.25) is 5.91 Å². The molecule has 1 N–H and O–H groups in total. The van der Waals surface area contributed by atoms with E-state index in [2.05, 4.69) is 24.4 Å². The van der Waals surface area contributed by atoms with Gasteiger partial charge in [-0.3, -0.25) is 4.79 Å². The monoisotopic (exact) mass is 379 g/mol. The highest BCUT2D eigenvalue weighted by Crippen LogP contribution is 2.22. The summed E-state index contributed by atoms with van der Waals surface area (Å²) in [5.41, 5.74) is 1.22. The summed E-state index contributed by atoms with van der Waals surface area (Å²) in [6.45, 7) is 2.62. The first-order valence-corrected chi connectivity index (χ1v) is 10.2. The number of sulfone groups is 1. The maximum atomic E-state index is 12.3. The lowest BCUT2D eigenvalue weighted by Crippen LogP contribution is -2.27. The third kappa shape index (κ3) is 5.87. The van der Waals surface area contributed by atoms with Gasteiger partial charge in [-0.1, -0.05) is 61.0 Å². The van der Waals surface area contributed by atoms with Crippen LogP contribution in [-0.2, 0) is 14.6 Å². The molecular formula is C19H22ClNO3S. The Labute approximate surface area is 154 Å². The fourth-order valence-corrected chi connectivity index (χ4v) is 4.31. The average molecular weight is 380 g/mol.